The number of amides is 1. The number of ether oxygens (including phenoxy) is 1. The van der Waals surface area contributed by atoms with Crippen molar-refractivity contribution < 1.29 is 27.1 Å². The zero-order chi connectivity index (χ0) is 21.6. The van der Waals surface area contributed by atoms with E-state index in [1.54, 1.807) is 12.1 Å². The molecular weight excluding hydrogens is 399 g/mol. The van der Waals surface area contributed by atoms with Crippen LogP contribution in [0.4, 0.5) is 4.39 Å². The molecule has 7 nitrogen and oxygen atoms in total. The molecule has 1 amide bonds. The van der Waals surface area contributed by atoms with Gasteiger partial charge in [-0.3, -0.25) is 9.59 Å². The van der Waals surface area contributed by atoms with Crippen LogP contribution in [-0.4, -0.2) is 32.4 Å². The van der Waals surface area contributed by atoms with Gasteiger partial charge in [-0.1, -0.05) is 29.8 Å². The molecular formula is C20H23FN2O5S. The normalized spacial score (nSPS) is 13.4. The molecule has 2 rings (SSSR count). The quantitative estimate of drug-likeness (QED) is 0.634. The fourth-order valence-corrected chi connectivity index (χ4v) is 3.52. The molecule has 0 aliphatic heterocycles. The number of esters is 1. The van der Waals surface area contributed by atoms with E-state index < -0.39 is 34.0 Å². The fourth-order valence-electron chi connectivity index (χ4n) is 2.33. The number of halogens is 1. The van der Waals surface area contributed by atoms with E-state index in [4.69, 9.17) is 4.74 Å². The van der Waals surface area contributed by atoms with Crippen molar-refractivity contribution in [1.82, 2.24) is 10.0 Å². The second kappa shape index (κ2) is 9.62. The van der Waals surface area contributed by atoms with Gasteiger partial charge in [0.1, 0.15) is 11.9 Å². The molecule has 0 aliphatic carbocycles. The van der Waals surface area contributed by atoms with Crippen molar-refractivity contribution >= 4 is 21.9 Å². The average molecular weight is 422 g/mol. The third-order valence-electron chi connectivity index (χ3n) is 4.06. The monoisotopic (exact) mass is 422 g/mol. The van der Waals surface area contributed by atoms with Crippen molar-refractivity contribution in [2.45, 2.75) is 44.4 Å². The minimum absolute atomic E-state index is 0.0211. The van der Waals surface area contributed by atoms with Gasteiger partial charge in [-0.15, -0.1) is 0 Å². The van der Waals surface area contributed by atoms with Gasteiger partial charge in [-0.2, -0.15) is 4.72 Å². The van der Waals surface area contributed by atoms with Crippen molar-refractivity contribution in [3.63, 3.8) is 0 Å². The van der Waals surface area contributed by atoms with E-state index in [9.17, 15) is 22.4 Å². The maximum Gasteiger partial charge on any atom is 0.324 e. The van der Waals surface area contributed by atoms with Crippen molar-refractivity contribution in [2.24, 2.45) is 0 Å². The summed E-state index contributed by atoms with van der Waals surface area (Å²) in [5.41, 5.74) is 1.58. The van der Waals surface area contributed by atoms with Crippen LogP contribution >= 0.6 is 0 Å². The molecule has 2 aromatic carbocycles. The standard InChI is InChI=1S/C20H23FN2O5S/c1-13-4-10-18(11-5-13)29(26,27)23-14(2)20(25)28-15(3)19(24)22-12-16-6-8-17(21)9-7-16/h4-11,14-15,23H,12H2,1-3H3,(H,22,24)/t14-,15?/m0/s1. The largest absolute Gasteiger partial charge is 0.451 e. The van der Waals surface area contributed by atoms with Crippen LogP contribution < -0.4 is 10.0 Å². The van der Waals surface area contributed by atoms with Gasteiger partial charge in [0, 0.05) is 6.54 Å². The molecule has 0 fully saturated rings. The first-order valence-electron chi connectivity index (χ1n) is 8.90. The lowest BCUT2D eigenvalue weighted by molar-refractivity contribution is -0.156. The molecule has 29 heavy (non-hydrogen) atoms. The molecule has 1 unspecified atom stereocenters. The lowest BCUT2D eigenvalue weighted by Gasteiger charge is -2.17. The highest BCUT2D eigenvalue weighted by atomic mass is 32.2. The number of aryl methyl sites for hydroxylation is 1. The van der Waals surface area contributed by atoms with Crippen LogP contribution in [0.25, 0.3) is 0 Å². The highest BCUT2D eigenvalue weighted by Crippen LogP contribution is 2.11. The Hall–Kier alpha value is -2.78. The molecule has 0 heterocycles. The van der Waals surface area contributed by atoms with E-state index in [2.05, 4.69) is 10.0 Å². The Kier molecular flexibility index (Phi) is 7.46. The molecule has 0 bridgehead atoms. The summed E-state index contributed by atoms with van der Waals surface area (Å²) in [7, 11) is -3.91. The van der Waals surface area contributed by atoms with Crippen molar-refractivity contribution in [2.75, 3.05) is 0 Å². The lowest BCUT2D eigenvalue weighted by Crippen LogP contribution is -2.43. The number of benzene rings is 2. The van der Waals surface area contributed by atoms with Crippen LogP contribution in [0.3, 0.4) is 0 Å². The van der Waals surface area contributed by atoms with Crippen molar-refractivity contribution in [3.8, 4) is 0 Å². The van der Waals surface area contributed by atoms with Gasteiger partial charge in [0.2, 0.25) is 10.0 Å². The van der Waals surface area contributed by atoms with Crippen LogP contribution in [0.15, 0.2) is 53.4 Å². The predicted octanol–water partition coefficient (Wildman–Crippen LogP) is 2.05. The Bertz CT molecular complexity index is 959. The highest BCUT2D eigenvalue weighted by Gasteiger charge is 2.26. The van der Waals surface area contributed by atoms with E-state index in [-0.39, 0.29) is 17.3 Å². The number of carbonyl (C=O) groups excluding carboxylic acids is 2. The number of nitrogens with one attached hydrogen (secondary N) is 2. The number of rotatable bonds is 8. The Morgan fingerprint density at radius 3 is 2.21 bits per heavy atom. The number of sulfonamides is 1. The predicted molar refractivity (Wildman–Crippen MR) is 105 cm³/mol. The SMILES string of the molecule is Cc1ccc(S(=O)(=O)N[C@@H](C)C(=O)OC(C)C(=O)NCc2ccc(F)cc2)cc1. The van der Waals surface area contributed by atoms with E-state index in [1.807, 2.05) is 6.92 Å². The van der Waals surface area contributed by atoms with Gasteiger partial charge >= 0.3 is 5.97 Å². The van der Waals surface area contributed by atoms with Crippen LogP contribution in [0.2, 0.25) is 0 Å². The second-order valence-corrected chi connectivity index (χ2v) is 8.29. The van der Waals surface area contributed by atoms with Crippen LogP contribution in [0, 0.1) is 12.7 Å². The van der Waals surface area contributed by atoms with Crippen LogP contribution in [0.5, 0.6) is 0 Å². The minimum atomic E-state index is -3.91. The molecule has 156 valence electrons. The average Bonchev–Trinajstić information content (AvgIpc) is 2.67. The zero-order valence-electron chi connectivity index (χ0n) is 16.3. The molecule has 9 heteroatoms. The minimum Gasteiger partial charge on any atom is -0.451 e. The van der Waals surface area contributed by atoms with Gasteiger partial charge in [0.25, 0.3) is 5.91 Å². The smallest absolute Gasteiger partial charge is 0.324 e. The molecule has 0 saturated carbocycles. The Labute approximate surface area is 169 Å². The fraction of sp³-hybridized carbons (Fsp3) is 0.300. The van der Waals surface area contributed by atoms with Gasteiger partial charge in [0.15, 0.2) is 6.10 Å². The molecule has 0 spiro atoms. The van der Waals surface area contributed by atoms with Gasteiger partial charge in [-0.05, 0) is 50.6 Å². The summed E-state index contributed by atoms with van der Waals surface area (Å²) in [6.45, 7) is 4.67. The number of hydrogen-bond acceptors (Lipinski definition) is 5. The van der Waals surface area contributed by atoms with E-state index in [1.165, 1.54) is 50.2 Å². The van der Waals surface area contributed by atoms with Crippen molar-refractivity contribution in [1.29, 1.82) is 0 Å². The molecule has 2 atom stereocenters. The maximum atomic E-state index is 12.9. The molecule has 0 radical (unpaired) electrons. The summed E-state index contributed by atoms with van der Waals surface area (Å²) in [6.07, 6.45) is -1.13. The summed E-state index contributed by atoms with van der Waals surface area (Å²) in [5.74, 6) is -1.83. The highest BCUT2D eigenvalue weighted by molar-refractivity contribution is 7.89. The van der Waals surface area contributed by atoms with Gasteiger partial charge in [-0.25, -0.2) is 12.8 Å². The summed E-state index contributed by atoms with van der Waals surface area (Å²) in [5, 5.41) is 2.56. The van der Waals surface area contributed by atoms with E-state index >= 15 is 0 Å². The summed E-state index contributed by atoms with van der Waals surface area (Å²) in [4.78, 5) is 24.3. The molecule has 0 saturated heterocycles. The Morgan fingerprint density at radius 1 is 1.03 bits per heavy atom. The van der Waals surface area contributed by atoms with E-state index in [0.29, 0.717) is 5.56 Å². The third-order valence-corrected chi connectivity index (χ3v) is 5.62. The Morgan fingerprint density at radius 2 is 1.62 bits per heavy atom. The van der Waals surface area contributed by atoms with Gasteiger partial charge < -0.3 is 10.1 Å². The maximum absolute atomic E-state index is 12.9. The number of carbonyl (C=O) groups is 2. The molecule has 2 aromatic rings. The Balaban J connectivity index is 1.88. The molecule has 0 aliphatic rings. The van der Waals surface area contributed by atoms with E-state index in [0.717, 1.165) is 5.56 Å². The van der Waals surface area contributed by atoms with Gasteiger partial charge in [0.05, 0.1) is 4.90 Å². The molecule has 2 N–H and O–H groups in total. The third kappa shape index (κ3) is 6.65. The first-order chi connectivity index (χ1) is 13.6. The summed E-state index contributed by atoms with van der Waals surface area (Å²) in [6, 6.07) is 10.6. The second-order valence-electron chi connectivity index (χ2n) is 6.58. The summed E-state index contributed by atoms with van der Waals surface area (Å²) >= 11 is 0. The lowest BCUT2D eigenvalue weighted by atomic mass is 10.2. The first-order valence-corrected chi connectivity index (χ1v) is 10.4. The molecule has 0 aromatic heterocycles. The number of hydrogen-bond donors (Lipinski definition) is 2. The topological polar surface area (TPSA) is 102 Å². The first kappa shape index (κ1) is 22.5. The van der Waals surface area contributed by atoms with Crippen molar-refractivity contribution in [3.05, 3.63) is 65.5 Å². The summed E-state index contributed by atoms with van der Waals surface area (Å²) < 4.78 is 44.8. The van der Waals surface area contributed by atoms with Crippen LogP contribution in [-0.2, 0) is 30.9 Å². The van der Waals surface area contributed by atoms with Crippen LogP contribution in [0.1, 0.15) is 25.0 Å². The zero-order valence-corrected chi connectivity index (χ0v) is 17.1.